The van der Waals surface area contributed by atoms with Crippen molar-refractivity contribution in [3.05, 3.63) is 42.1 Å². The summed E-state index contributed by atoms with van der Waals surface area (Å²) in [5, 5.41) is 1.15. The van der Waals surface area contributed by atoms with Crippen molar-refractivity contribution < 1.29 is 0 Å². The molecule has 16 heavy (non-hydrogen) atoms. The number of pyridine rings is 1. The molecule has 0 N–H and O–H groups in total. The summed E-state index contributed by atoms with van der Waals surface area (Å²) in [6.45, 7) is 6.76. The molecular formula is C14H15NSi. The van der Waals surface area contributed by atoms with Gasteiger partial charge in [-0.05, 0) is 12.1 Å². The first-order valence-electron chi connectivity index (χ1n) is 5.43. The molecule has 0 unspecified atom stereocenters. The third kappa shape index (κ3) is 2.50. The van der Waals surface area contributed by atoms with Gasteiger partial charge in [-0.25, -0.2) is 0 Å². The summed E-state index contributed by atoms with van der Waals surface area (Å²) in [6, 6.07) is 10.1. The third-order valence-corrected chi connectivity index (χ3v) is 3.10. The Bertz CT molecular complexity index is 565. The molecule has 2 rings (SSSR count). The van der Waals surface area contributed by atoms with E-state index in [-0.39, 0.29) is 0 Å². The molecule has 0 radical (unpaired) electrons. The van der Waals surface area contributed by atoms with Crippen LogP contribution in [-0.2, 0) is 0 Å². The molecule has 2 aromatic rings. The molecule has 0 bridgehead atoms. The molecule has 0 aliphatic heterocycles. The van der Waals surface area contributed by atoms with Crippen LogP contribution < -0.4 is 0 Å². The SMILES string of the molecule is C[Si](C)(C)C#Cc1ccnc2ccccc12. The number of hydrogen-bond acceptors (Lipinski definition) is 1. The zero-order valence-electron chi connectivity index (χ0n) is 9.91. The average Bonchev–Trinajstić information content (AvgIpc) is 2.25. The van der Waals surface area contributed by atoms with Crippen molar-refractivity contribution in [2.75, 3.05) is 0 Å². The Morgan fingerprint density at radius 3 is 2.56 bits per heavy atom. The number of nitrogens with zero attached hydrogens (tertiary/aromatic N) is 1. The van der Waals surface area contributed by atoms with Crippen molar-refractivity contribution in [2.45, 2.75) is 19.6 Å². The van der Waals surface area contributed by atoms with Crippen LogP contribution in [0.25, 0.3) is 10.9 Å². The summed E-state index contributed by atoms with van der Waals surface area (Å²) >= 11 is 0. The molecule has 1 nitrogen and oxygen atoms in total. The topological polar surface area (TPSA) is 12.9 Å². The van der Waals surface area contributed by atoms with E-state index < -0.39 is 8.07 Å². The Labute approximate surface area is 97.5 Å². The van der Waals surface area contributed by atoms with E-state index in [2.05, 4.69) is 42.2 Å². The number of rotatable bonds is 0. The van der Waals surface area contributed by atoms with Crippen molar-refractivity contribution in [3.63, 3.8) is 0 Å². The molecule has 0 spiro atoms. The first kappa shape index (κ1) is 10.9. The minimum Gasteiger partial charge on any atom is -0.256 e. The predicted molar refractivity (Wildman–Crippen MR) is 72.0 cm³/mol. The lowest BCUT2D eigenvalue weighted by Gasteiger charge is -2.04. The Morgan fingerprint density at radius 1 is 1.06 bits per heavy atom. The number of aromatic nitrogens is 1. The van der Waals surface area contributed by atoms with Crippen LogP contribution in [0.4, 0.5) is 0 Å². The predicted octanol–water partition coefficient (Wildman–Crippen LogP) is 3.46. The summed E-state index contributed by atoms with van der Waals surface area (Å²) in [5.74, 6) is 3.30. The van der Waals surface area contributed by atoms with E-state index in [1.165, 1.54) is 0 Å². The maximum atomic E-state index is 4.33. The van der Waals surface area contributed by atoms with Crippen molar-refractivity contribution in [2.24, 2.45) is 0 Å². The van der Waals surface area contributed by atoms with Gasteiger partial charge in [-0.15, -0.1) is 5.54 Å². The molecule has 0 atom stereocenters. The Balaban J connectivity index is 2.56. The highest BCUT2D eigenvalue weighted by Gasteiger charge is 2.07. The van der Waals surface area contributed by atoms with Crippen LogP contribution in [-0.4, -0.2) is 13.1 Å². The van der Waals surface area contributed by atoms with Crippen LogP contribution in [0.5, 0.6) is 0 Å². The highest BCUT2D eigenvalue weighted by Crippen LogP contribution is 2.15. The van der Waals surface area contributed by atoms with Gasteiger partial charge in [-0.1, -0.05) is 43.8 Å². The van der Waals surface area contributed by atoms with E-state index in [0.29, 0.717) is 0 Å². The first-order valence-corrected chi connectivity index (χ1v) is 8.93. The zero-order chi connectivity index (χ0) is 11.6. The Morgan fingerprint density at radius 2 is 1.81 bits per heavy atom. The molecule has 2 heteroatoms. The van der Waals surface area contributed by atoms with Gasteiger partial charge < -0.3 is 0 Å². The van der Waals surface area contributed by atoms with Crippen LogP contribution in [0.15, 0.2) is 36.5 Å². The van der Waals surface area contributed by atoms with Gasteiger partial charge in [0.1, 0.15) is 8.07 Å². The minimum atomic E-state index is -1.31. The fourth-order valence-corrected chi connectivity index (χ4v) is 1.97. The monoisotopic (exact) mass is 225 g/mol. The standard InChI is InChI=1S/C14H15NSi/c1-16(2,3)11-9-12-8-10-15-14-7-5-4-6-13(12)14/h4-8,10H,1-3H3. The van der Waals surface area contributed by atoms with Gasteiger partial charge in [0, 0.05) is 17.1 Å². The second kappa shape index (κ2) is 4.11. The molecule has 1 aromatic heterocycles. The normalized spacial score (nSPS) is 10.9. The lowest BCUT2D eigenvalue weighted by atomic mass is 10.1. The summed E-state index contributed by atoms with van der Waals surface area (Å²) in [7, 11) is -1.31. The molecule has 0 amide bonds. The molecule has 0 saturated heterocycles. The van der Waals surface area contributed by atoms with Gasteiger partial charge in [0.15, 0.2) is 0 Å². The number of benzene rings is 1. The van der Waals surface area contributed by atoms with Crippen molar-refractivity contribution in [1.29, 1.82) is 0 Å². The van der Waals surface area contributed by atoms with Crippen LogP contribution in [0.2, 0.25) is 19.6 Å². The van der Waals surface area contributed by atoms with Gasteiger partial charge in [-0.3, -0.25) is 4.98 Å². The molecule has 0 aliphatic carbocycles. The summed E-state index contributed by atoms with van der Waals surface area (Å²) < 4.78 is 0. The molecular weight excluding hydrogens is 210 g/mol. The van der Waals surface area contributed by atoms with Crippen molar-refractivity contribution >= 4 is 19.0 Å². The smallest absolute Gasteiger partial charge is 0.129 e. The van der Waals surface area contributed by atoms with Crippen LogP contribution in [0, 0.1) is 11.5 Å². The van der Waals surface area contributed by atoms with E-state index >= 15 is 0 Å². The van der Waals surface area contributed by atoms with Gasteiger partial charge in [0.25, 0.3) is 0 Å². The second-order valence-electron chi connectivity index (χ2n) is 4.88. The molecule has 1 aromatic carbocycles. The lowest BCUT2D eigenvalue weighted by Crippen LogP contribution is -2.16. The maximum absolute atomic E-state index is 4.33. The highest BCUT2D eigenvalue weighted by molar-refractivity contribution is 6.83. The van der Waals surface area contributed by atoms with Gasteiger partial charge in [-0.2, -0.15) is 0 Å². The number of para-hydroxylation sites is 1. The minimum absolute atomic E-state index is 1.02. The van der Waals surface area contributed by atoms with Crippen molar-refractivity contribution in [1.82, 2.24) is 4.98 Å². The first-order chi connectivity index (χ1) is 7.56. The van der Waals surface area contributed by atoms with E-state index in [4.69, 9.17) is 0 Å². The van der Waals surface area contributed by atoms with E-state index in [1.54, 1.807) is 0 Å². The van der Waals surface area contributed by atoms with E-state index in [0.717, 1.165) is 16.5 Å². The molecule has 0 fully saturated rings. The van der Waals surface area contributed by atoms with Gasteiger partial charge in [0.2, 0.25) is 0 Å². The maximum Gasteiger partial charge on any atom is 0.129 e. The van der Waals surface area contributed by atoms with Crippen molar-refractivity contribution in [3.8, 4) is 11.5 Å². The summed E-state index contributed by atoms with van der Waals surface area (Å²) in [6.07, 6.45) is 1.83. The Hall–Kier alpha value is -1.59. The largest absolute Gasteiger partial charge is 0.256 e. The number of hydrogen-bond donors (Lipinski definition) is 0. The second-order valence-corrected chi connectivity index (χ2v) is 9.63. The molecule has 1 heterocycles. The van der Waals surface area contributed by atoms with Crippen LogP contribution in [0.3, 0.4) is 0 Å². The fourth-order valence-electron chi connectivity index (χ4n) is 1.46. The van der Waals surface area contributed by atoms with Crippen LogP contribution >= 0.6 is 0 Å². The molecule has 80 valence electrons. The van der Waals surface area contributed by atoms with E-state index in [1.807, 2.05) is 30.5 Å². The van der Waals surface area contributed by atoms with Gasteiger partial charge >= 0.3 is 0 Å². The highest BCUT2D eigenvalue weighted by atomic mass is 28.3. The zero-order valence-corrected chi connectivity index (χ0v) is 10.9. The molecule has 0 saturated carbocycles. The third-order valence-electron chi connectivity index (χ3n) is 2.22. The fraction of sp³-hybridized carbons (Fsp3) is 0.214. The quantitative estimate of drug-likeness (QED) is 0.494. The summed E-state index contributed by atoms with van der Waals surface area (Å²) in [5.41, 5.74) is 5.50. The summed E-state index contributed by atoms with van der Waals surface area (Å²) in [4.78, 5) is 4.33. The van der Waals surface area contributed by atoms with Crippen LogP contribution in [0.1, 0.15) is 5.56 Å². The average molecular weight is 225 g/mol. The van der Waals surface area contributed by atoms with E-state index in [9.17, 15) is 0 Å². The Kier molecular flexibility index (Phi) is 2.80. The number of fused-ring (bicyclic) bond motifs is 1. The van der Waals surface area contributed by atoms with Gasteiger partial charge in [0.05, 0.1) is 5.52 Å². The lowest BCUT2D eigenvalue weighted by molar-refractivity contribution is 1.40. The molecule has 0 aliphatic rings.